The van der Waals surface area contributed by atoms with Crippen LogP contribution in [0.3, 0.4) is 0 Å². The predicted molar refractivity (Wildman–Crippen MR) is 115 cm³/mol. The van der Waals surface area contributed by atoms with Crippen LogP contribution in [-0.4, -0.2) is 64.6 Å². The Hall–Kier alpha value is -3.73. The van der Waals surface area contributed by atoms with Crippen LogP contribution >= 0.6 is 0 Å². The van der Waals surface area contributed by atoms with Crippen LogP contribution in [0.1, 0.15) is 42.0 Å². The molecular formula is C20H23N9O2. The summed E-state index contributed by atoms with van der Waals surface area (Å²) in [5.41, 5.74) is 14.6. The van der Waals surface area contributed by atoms with Gasteiger partial charge in [-0.05, 0) is 18.2 Å². The SMILES string of the molecule is CC(C)c1nc2ccc(C(=O)N3C[C@H](O)[C@@H](n4cnc5c(N)nc(N)nc54)C3)cc2[nH]1. The highest BCUT2D eigenvalue weighted by Crippen LogP contribution is 2.29. The van der Waals surface area contributed by atoms with Crippen molar-refractivity contribution >= 4 is 39.9 Å². The number of aromatic amines is 1. The average molecular weight is 421 g/mol. The van der Waals surface area contributed by atoms with Gasteiger partial charge in [0.1, 0.15) is 11.3 Å². The van der Waals surface area contributed by atoms with Crippen molar-refractivity contribution in [3.05, 3.63) is 35.9 Å². The molecule has 0 unspecified atom stereocenters. The Bertz CT molecular complexity index is 1310. The average Bonchev–Trinajstić information content (AvgIpc) is 3.42. The van der Waals surface area contributed by atoms with Gasteiger partial charge in [-0.3, -0.25) is 4.79 Å². The fourth-order valence-electron chi connectivity index (χ4n) is 4.03. The number of nitrogens with two attached hydrogens (primary N) is 2. The van der Waals surface area contributed by atoms with E-state index >= 15 is 0 Å². The number of nitrogens with one attached hydrogen (secondary N) is 1. The Kier molecular flexibility index (Phi) is 4.29. The summed E-state index contributed by atoms with van der Waals surface area (Å²) in [4.78, 5) is 35.0. The van der Waals surface area contributed by atoms with Crippen LogP contribution in [0.4, 0.5) is 11.8 Å². The van der Waals surface area contributed by atoms with Gasteiger partial charge in [0.05, 0.1) is 29.5 Å². The van der Waals surface area contributed by atoms with Crippen LogP contribution in [-0.2, 0) is 0 Å². The smallest absolute Gasteiger partial charge is 0.254 e. The van der Waals surface area contributed by atoms with Crippen molar-refractivity contribution in [1.82, 2.24) is 34.4 Å². The summed E-state index contributed by atoms with van der Waals surface area (Å²) in [6.45, 7) is 4.61. The number of carbonyl (C=O) groups is 1. The molecule has 11 nitrogen and oxygen atoms in total. The highest BCUT2D eigenvalue weighted by atomic mass is 16.3. The Morgan fingerprint density at radius 1 is 1.23 bits per heavy atom. The van der Waals surface area contributed by atoms with Gasteiger partial charge in [0.15, 0.2) is 11.5 Å². The second-order valence-electron chi connectivity index (χ2n) is 8.14. The molecule has 11 heteroatoms. The van der Waals surface area contributed by atoms with Gasteiger partial charge in [0.25, 0.3) is 5.91 Å². The molecular weight excluding hydrogens is 398 g/mol. The van der Waals surface area contributed by atoms with Crippen molar-refractivity contribution in [3.8, 4) is 0 Å². The third-order valence-electron chi connectivity index (χ3n) is 5.66. The highest BCUT2D eigenvalue weighted by molar-refractivity contribution is 5.97. The van der Waals surface area contributed by atoms with E-state index in [1.54, 1.807) is 27.9 Å². The molecule has 1 aliphatic heterocycles. The zero-order valence-corrected chi connectivity index (χ0v) is 17.1. The first-order valence-corrected chi connectivity index (χ1v) is 10.0. The van der Waals surface area contributed by atoms with Crippen molar-refractivity contribution in [2.75, 3.05) is 24.6 Å². The number of H-pyrrole nitrogens is 1. The first-order valence-electron chi connectivity index (χ1n) is 10.0. The van der Waals surface area contributed by atoms with Crippen LogP contribution in [0.15, 0.2) is 24.5 Å². The van der Waals surface area contributed by atoms with Gasteiger partial charge in [-0.25, -0.2) is 9.97 Å². The van der Waals surface area contributed by atoms with E-state index in [1.807, 2.05) is 6.07 Å². The van der Waals surface area contributed by atoms with Gasteiger partial charge in [-0.1, -0.05) is 13.8 Å². The first kappa shape index (κ1) is 19.2. The normalized spacial score (nSPS) is 19.2. The summed E-state index contributed by atoms with van der Waals surface area (Å²) in [6, 6.07) is 4.97. The standard InChI is InChI=1S/C20H23N9O2/c1-9(2)17-24-11-4-3-10(5-12(11)25-17)19(31)28-6-13(14(30)7-28)29-8-23-15-16(21)26-20(22)27-18(15)29/h3-5,8-9,13-14,30H,6-7H2,1-2H3,(H,24,25)(H4,21,22,26,27)/t13-,14-/m0/s1. The van der Waals surface area contributed by atoms with Crippen LogP contribution in [0.5, 0.6) is 0 Å². The van der Waals surface area contributed by atoms with E-state index in [2.05, 4.69) is 38.8 Å². The number of hydrogen-bond donors (Lipinski definition) is 4. The molecule has 4 heterocycles. The van der Waals surface area contributed by atoms with E-state index in [0.717, 1.165) is 16.9 Å². The van der Waals surface area contributed by atoms with Crippen molar-refractivity contribution in [2.45, 2.75) is 31.9 Å². The quantitative estimate of drug-likeness (QED) is 0.381. The molecule has 6 N–H and O–H groups in total. The lowest BCUT2D eigenvalue weighted by molar-refractivity contribution is 0.0765. The van der Waals surface area contributed by atoms with E-state index < -0.39 is 12.1 Å². The van der Waals surface area contributed by atoms with Crippen molar-refractivity contribution in [1.29, 1.82) is 0 Å². The molecule has 2 atom stereocenters. The number of aliphatic hydroxyl groups excluding tert-OH is 1. The molecule has 4 aromatic rings. The molecule has 3 aromatic heterocycles. The molecule has 1 fully saturated rings. The molecule has 0 aliphatic carbocycles. The molecule has 0 saturated carbocycles. The van der Waals surface area contributed by atoms with E-state index in [1.165, 1.54) is 0 Å². The van der Waals surface area contributed by atoms with E-state index in [4.69, 9.17) is 11.5 Å². The summed E-state index contributed by atoms with van der Waals surface area (Å²) in [7, 11) is 0. The van der Waals surface area contributed by atoms with Gasteiger partial charge in [-0.15, -0.1) is 0 Å². The van der Waals surface area contributed by atoms with Crippen molar-refractivity contribution in [2.24, 2.45) is 0 Å². The molecule has 160 valence electrons. The number of anilines is 2. The molecule has 31 heavy (non-hydrogen) atoms. The minimum atomic E-state index is -0.790. The third kappa shape index (κ3) is 3.13. The maximum absolute atomic E-state index is 13.2. The van der Waals surface area contributed by atoms with Gasteiger partial charge >= 0.3 is 0 Å². The minimum Gasteiger partial charge on any atom is -0.389 e. The predicted octanol–water partition coefficient (Wildman–Crippen LogP) is 1.05. The third-order valence-corrected chi connectivity index (χ3v) is 5.66. The lowest BCUT2D eigenvalue weighted by Gasteiger charge is -2.17. The lowest BCUT2D eigenvalue weighted by atomic mass is 10.2. The number of carbonyl (C=O) groups excluding carboxylic acids is 1. The number of rotatable bonds is 3. The zero-order valence-electron chi connectivity index (χ0n) is 17.1. The summed E-state index contributed by atoms with van der Waals surface area (Å²) in [6.07, 6.45) is 0.753. The Balaban J connectivity index is 1.43. The Morgan fingerprint density at radius 2 is 2.03 bits per heavy atom. The van der Waals surface area contributed by atoms with Crippen LogP contribution < -0.4 is 11.5 Å². The number of amides is 1. The largest absolute Gasteiger partial charge is 0.389 e. The second-order valence-corrected chi connectivity index (χ2v) is 8.14. The molecule has 0 bridgehead atoms. The van der Waals surface area contributed by atoms with E-state index in [-0.39, 0.29) is 30.1 Å². The number of nitrogens with zero attached hydrogens (tertiary/aromatic N) is 6. The summed E-state index contributed by atoms with van der Waals surface area (Å²) < 4.78 is 1.70. The van der Waals surface area contributed by atoms with Gasteiger partial charge in [0, 0.05) is 24.6 Å². The number of aromatic nitrogens is 6. The van der Waals surface area contributed by atoms with Gasteiger partial charge in [0.2, 0.25) is 5.95 Å². The highest BCUT2D eigenvalue weighted by Gasteiger charge is 2.36. The zero-order chi connectivity index (χ0) is 21.9. The van der Waals surface area contributed by atoms with E-state index in [9.17, 15) is 9.90 Å². The number of likely N-dealkylation sites (tertiary alicyclic amines) is 1. The van der Waals surface area contributed by atoms with E-state index in [0.29, 0.717) is 23.3 Å². The van der Waals surface area contributed by atoms with Crippen molar-refractivity contribution in [3.63, 3.8) is 0 Å². The second kappa shape index (κ2) is 6.91. The molecule has 1 aromatic carbocycles. The maximum atomic E-state index is 13.2. The molecule has 0 radical (unpaired) electrons. The first-order chi connectivity index (χ1) is 14.8. The molecule has 1 aliphatic rings. The van der Waals surface area contributed by atoms with Gasteiger partial charge in [-0.2, -0.15) is 9.97 Å². The number of hydrogen-bond acceptors (Lipinski definition) is 8. The summed E-state index contributed by atoms with van der Waals surface area (Å²) in [5, 5.41) is 10.7. The Labute approximate surface area is 177 Å². The summed E-state index contributed by atoms with van der Waals surface area (Å²) >= 11 is 0. The summed E-state index contributed by atoms with van der Waals surface area (Å²) in [5.74, 6) is 1.18. The van der Waals surface area contributed by atoms with Crippen LogP contribution in [0.25, 0.3) is 22.2 Å². The number of β-amino-alcohol motifs (C(OH)–C–C–N with tert-alkyl or cyclic N) is 1. The Morgan fingerprint density at radius 3 is 2.81 bits per heavy atom. The van der Waals surface area contributed by atoms with Crippen molar-refractivity contribution < 1.29 is 9.90 Å². The monoisotopic (exact) mass is 421 g/mol. The lowest BCUT2D eigenvalue weighted by Crippen LogP contribution is -2.29. The number of imidazole rings is 2. The number of nitrogen functional groups attached to an aromatic ring is 2. The molecule has 5 rings (SSSR count). The maximum Gasteiger partial charge on any atom is 0.254 e. The molecule has 1 amide bonds. The molecule has 0 spiro atoms. The fraction of sp³-hybridized carbons (Fsp3) is 0.350. The number of aliphatic hydroxyl groups is 1. The van der Waals surface area contributed by atoms with Crippen LogP contribution in [0.2, 0.25) is 0 Å². The topological polar surface area (TPSA) is 165 Å². The minimum absolute atomic E-state index is 0.0285. The number of benzene rings is 1. The fourth-order valence-corrected chi connectivity index (χ4v) is 4.03. The molecule has 1 saturated heterocycles. The number of fused-ring (bicyclic) bond motifs is 2. The van der Waals surface area contributed by atoms with Gasteiger partial charge < -0.3 is 31.0 Å². The van der Waals surface area contributed by atoms with Crippen LogP contribution in [0, 0.1) is 0 Å².